The van der Waals surface area contributed by atoms with Crippen LogP contribution in [0.4, 0.5) is 0 Å². The third-order valence-electron chi connectivity index (χ3n) is 4.39. The predicted molar refractivity (Wildman–Crippen MR) is 97.8 cm³/mol. The maximum Gasteiger partial charge on any atom is 0.342 e. The number of hydrogen-bond donors (Lipinski definition) is 1. The van der Waals surface area contributed by atoms with Crippen LogP contribution in [0, 0.1) is 6.92 Å². The minimum absolute atomic E-state index is 0.00594. The number of amides is 2. The third kappa shape index (κ3) is 4.05. The van der Waals surface area contributed by atoms with Crippen molar-refractivity contribution < 1.29 is 23.5 Å². The second-order valence-electron chi connectivity index (χ2n) is 6.70. The van der Waals surface area contributed by atoms with E-state index in [1.54, 1.807) is 6.92 Å². The normalized spacial score (nSPS) is 13.4. The molecule has 0 bridgehead atoms. The number of carbonyl (C=O) groups excluding carboxylic acids is 3. The standard InChI is InChI=1S/C18H22N4O6/c1-4-27-18(26)14-10(2)28-16-15(14)17(25)22(9-19-16)8-13(24)21(3)7-12(23)20-11-5-6-11/h9,11H,4-8H2,1-3H3,(H,20,23). The molecule has 0 spiro atoms. The molecule has 2 amide bonds. The fraction of sp³-hybridized carbons (Fsp3) is 0.500. The summed E-state index contributed by atoms with van der Waals surface area (Å²) in [6.07, 6.45) is 3.09. The molecule has 0 aliphatic heterocycles. The lowest BCUT2D eigenvalue weighted by Crippen LogP contribution is -2.41. The maximum absolute atomic E-state index is 12.8. The van der Waals surface area contributed by atoms with Crippen molar-refractivity contribution in [1.29, 1.82) is 0 Å². The summed E-state index contributed by atoms with van der Waals surface area (Å²) in [6.45, 7) is 2.92. The highest BCUT2D eigenvalue weighted by atomic mass is 16.5. The summed E-state index contributed by atoms with van der Waals surface area (Å²) in [5, 5.41) is 2.77. The number of likely N-dealkylation sites (N-methyl/N-ethyl adjacent to an activating group) is 1. The number of nitrogens with one attached hydrogen (secondary N) is 1. The first kappa shape index (κ1) is 19.6. The molecule has 1 N–H and O–H groups in total. The molecule has 3 rings (SSSR count). The van der Waals surface area contributed by atoms with E-state index in [9.17, 15) is 19.2 Å². The Morgan fingerprint density at radius 3 is 2.75 bits per heavy atom. The van der Waals surface area contributed by atoms with E-state index in [1.807, 2.05) is 0 Å². The smallest absolute Gasteiger partial charge is 0.342 e. The molecule has 0 saturated heterocycles. The molecule has 1 aliphatic carbocycles. The molecule has 1 aliphatic rings. The van der Waals surface area contributed by atoms with E-state index < -0.39 is 17.4 Å². The van der Waals surface area contributed by atoms with Gasteiger partial charge in [-0.3, -0.25) is 19.0 Å². The fourth-order valence-corrected chi connectivity index (χ4v) is 2.77. The lowest BCUT2D eigenvalue weighted by Gasteiger charge is -2.17. The lowest BCUT2D eigenvalue weighted by atomic mass is 10.2. The zero-order valence-electron chi connectivity index (χ0n) is 16.0. The average molecular weight is 390 g/mol. The van der Waals surface area contributed by atoms with Gasteiger partial charge in [0.15, 0.2) is 0 Å². The summed E-state index contributed by atoms with van der Waals surface area (Å²) in [5.41, 5.74) is -0.575. The van der Waals surface area contributed by atoms with Crippen LogP contribution in [0.2, 0.25) is 0 Å². The van der Waals surface area contributed by atoms with Crippen molar-refractivity contribution in [2.45, 2.75) is 39.3 Å². The van der Waals surface area contributed by atoms with Crippen molar-refractivity contribution >= 4 is 28.9 Å². The number of nitrogens with zero attached hydrogens (tertiary/aromatic N) is 3. The van der Waals surface area contributed by atoms with Crippen LogP contribution >= 0.6 is 0 Å². The van der Waals surface area contributed by atoms with E-state index in [2.05, 4.69) is 10.3 Å². The van der Waals surface area contributed by atoms with Crippen molar-refractivity contribution in [2.75, 3.05) is 20.2 Å². The average Bonchev–Trinajstić information content (AvgIpc) is 3.36. The Hall–Kier alpha value is -3.17. The van der Waals surface area contributed by atoms with Gasteiger partial charge in [0.05, 0.1) is 13.2 Å². The van der Waals surface area contributed by atoms with Gasteiger partial charge in [0.2, 0.25) is 17.5 Å². The number of esters is 1. The number of aromatic nitrogens is 2. The summed E-state index contributed by atoms with van der Waals surface area (Å²) in [7, 11) is 1.48. The van der Waals surface area contributed by atoms with Crippen LogP contribution in [0.1, 0.15) is 35.9 Å². The van der Waals surface area contributed by atoms with E-state index in [0.29, 0.717) is 0 Å². The summed E-state index contributed by atoms with van der Waals surface area (Å²) in [6, 6.07) is 0.204. The Labute approximate surface area is 160 Å². The molecule has 0 unspecified atom stereocenters. The van der Waals surface area contributed by atoms with Crippen molar-refractivity contribution in [3.8, 4) is 0 Å². The van der Waals surface area contributed by atoms with E-state index in [4.69, 9.17) is 9.15 Å². The van der Waals surface area contributed by atoms with Gasteiger partial charge < -0.3 is 19.4 Å². The summed E-state index contributed by atoms with van der Waals surface area (Å²) < 4.78 is 11.4. The minimum atomic E-state index is -0.685. The van der Waals surface area contributed by atoms with Crippen molar-refractivity contribution in [1.82, 2.24) is 19.8 Å². The van der Waals surface area contributed by atoms with Crippen molar-refractivity contribution in [2.24, 2.45) is 0 Å². The van der Waals surface area contributed by atoms with E-state index in [1.165, 1.54) is 25.2 Å². The monoisotopic (exact) mass is 390 g/mol. The van der Waals surface area contributed by atoms with Crippen LogP contribution in [-0.4, -0.2) is 58.5 Å². The van der Waals surface area contributed by atoms with Crippen LogP contribution in [0.3, 0.4) is 0 Å². The summed E-state index contributed by atoms with van der Waals surface area (Å²) in [5.74, 6) is -1.15. The predicted octanol–water partition coefficient (Wildman–Crippen LogP) is 0.212. The molecule has 0 radical (unpaired) electrons. The number of carbonyl (C=O) groups is 3. The number of hydrogen-bond acceptors (Lipinski definition) is 7. The second kappa shape index (κ2) is 7.83. The van der Waals surface area contributed by atoms with Crippen molar-refractivity contribution in [3.63, 3.8) is 0 Å². The molecule has 1 fully saturated rings. The summed E-state index contributed by atoms with van der Waals surface area (Å²) in [4.78, 5) is 54.5. The van der Waals surface area contributed by atoms with Crippen LogP contribution < -0.4 is 10.9 Å². The van der Waals surface area contributed by atoms with Crippen molar-refractivity contribution in [3.05, 3.63) is 28.0 Å². The Bertz CT molecular complexity index is 988. The quantitative estimate of drug-likeness (QED) is 0.670. The van der Waals surface area contributed by atoms with Gasteiger partial charge in [-0.05, 0) is 26.7 Å². The fourth-order valence-electron chi connectivity index (χ4n) is 2.77. The first-order valence-electron chi connectivity index (χ1n) is 9.00. The highest BCUT2D eigenvalue weighted by Crippen LogP contribution is 2.21. The number of furan rings is 1. The molecule has 2 aromatic rings. The van der Waals surface area contributed by atoms with Crippen LogP contribution in [0.15, 0.2) is 15.5 Å². The maximum atomic E-state index is 12.8. The van der Waals surface area contributed by atoms with Crippen LogP contribution in [0.5, 0.6) is 0 Å². The first-order valence-corrected chi connectivity index (χ1v) is 9.00. The third-order valence-corrected chi connectivity index (χ3v) is 4.39. The number of ether oxygens (including phenoxy) is 1. The van der Waals surface area contributed by atoms with E-state index >= 15 is 0 Å². The van der Waals surface area contributed by atoms with E-state index in [-0.39, 0.29) is 54.1 Å². The molecule has 28 heavy (non-hydrogen) atoms. The van der Waals surface area contributed by atoms with Gasteiger partial charge in [-0.2, -0.15) is 0 Å². The van der Waals surface area contributed by atoms with Gasteiger partial charge in [0, 0.05) is 13.1 Å². The zero-order valence-corrected chi connectivity index (χ0v) is 16.0. The largest absolute Gasteiger partial charge is 0.462 e. The van der Waals surface area contributed by atoms with Gasteiger partial charge >= 0.3 is 5.97 Å². The first-order chi connectivity index (χ1) is 13.3. The topological polar surface area (TPSA) is 124 Å². The molecule has 2 heterocycles. The summed E-state index contributed by atoms with van der Waals surface area (Å²) >= 11 is 0. The minimum Gasteiger partial charge on any atom is -0.462 e. The molecule has 2 aromatic heterocycles. The van der Waals surface area contributed by atoms with Gasteiger partial charge in [-0.1, -0.05) is 0 Å². The number of fused-ring (bicyclic) bond motifs is 1. The van der Waals surface area contributed by atoms with Crippen LogP contribution in [0.25, 0.3) is 11.1 Å². The van der Waals surface area contributed by atoms with Crippen LogP contribution in [-0.2, 0) is 20.9 Å². The highest BCUT2D eigenvalue weighted by Gasteiger charge is 2.26. The van der Waals surface area contributed by atoms with Gasteiger partial charge in [-0.25, -0.2) is 9.78 Å². The molecule has 0 atom stereocenters. The molecule has 150 valence electrons. The molecule has 10 nitrogen and oxygen atoms in total. The molecular weight excluding hydrogens is 368 g/mol. The number of aryl methyl sites for hydroxylation is 1. The van der Waals surface area contributed by atoms with Gasteiger partial charge in [-0.15, -0.1) is 0 Å². The van der Waals surface area contributed by atoms with Gasteiger partial charge in [0.1, 0.15) is 29.6 Å². The molecule has 0 aromatic carbocycles. The second-order valence-corrected chi connectivity index (χ2v) is 6.70. The number of rotatable bonds is 7. The Balaban J connectivity index is 1.81. The van der Waals surface area contributed by atoms with Gasteiger partial charge in [0.25, 0.3) is 5.56 Å². The molecular formula is C18H22N4O6. The van der Waals surface area contributed by atoms with E-state index in [0.717, 1.165) is 17.4 Å². The lowest BCUT2D eigenvalue weighted by molar-refractivity contribution is -0.135. The molecule has 1 saturated carbocycles. The Morgan fingerprint density at radius 1 is 1.39 bits per heavy atom. The highest BCUT2D eigenvalue weighted by molar-refractivity contribution is 6.03. The zero-order chi connectivity index (χ0) is 20.4. The Morgan fingerprint density at radius 2 is 2.11 bits per heavy atom. The SMILES string of the molecule is CCOC(=O)c1c(C)oc2ncn(CC(=O)N(C)CC(=O)NC3CC3)c(=O)c12. The molecule has 10 heteroatoms. The Kier molecular flexibility index (Phi) is 5.48.